The Morgan fingerprint density at radius 3 is 2.63 bits per heavy atom. The van der Waals surface area contributed by atoms with Crippen molar-refractivity contribution in [3.63, 3.8) is 0 Å². The van der Waals surface area contributed by atoms with Gasteiger partial charge in [0.1, 0.15) is 11.4 Å². The fraction of sp³-hybridized carbons (Fsp3) is 0.267. The quantitative estimate of drug-likeness (QED) is 0.867. The smallest absolute Gasteiger partial charge is 0.352 e. The van der Waals surface area contributed by atoms with Crippen molar-refractivity contribution in [2.45, 2.75) is 19.9 Å². The van der Waals surface area contributed by atoms with Crippen LogP contribution in [0, 0.1) is 0 Å². The lowest BCUT2D eigenvalue weighted by Crippen LogP contribution is -2.09. The fourth-order valence-electron chi connectivity index (χ4n) is 1.97. The van der Waals surface area contributed by atoms with Gasteiger partial charge in [-0.15, -0.1) is 0 Å². The molecule has 0 fully saturated rings. The summed E-state index contributed by atoms with van der Waals surface area (Å²) in [4.78, 5) is 11.0. The van der Waals surface area contributed by atoms with Gasteiger partial charge >= 0.3 is 5.97 Å². The molecule has 0 atom stereocenters. The largest absolute Gasteiger partial charge is 0.494 e. The van der Waals surface area contributed by atoms with Crippen molar-refractivity contribution in [1.82, 2.24) is 4.57 Å². The van der Waals surface area contributed by atoms with Crippen LogP contribution in [-0.2, 0) is 13.0 Å². The predicted molar refractivity (Wildman–Crippen MR) is 72.7 cm³/mol. The maximum absolute atomic E-state index is 11.0. The molecule has 19 heavy (non-hydrogen) atoms. The van der Waals surface area contributed by atoms with E-state index in [2.05, 4.69) is 0 Å². The van der Waals surface area contributed by atoms with E-state index in [1.54, 1.807) is 22.9 Å². The van der Waals surface area contributed by atoms with Crippen LogP contribution in [0.5, 0.6) is 5.75 Å². The molecule has 100 valence electrons. The summed E-state index contributed by atoms with van der Waals surface area (Å²) >= 11 is 0. The number of hydrogen-bond acceptors (Lipinski definition) is 2. The molecule has 0 aliphatic carbocycles. The van der Waals surface area contributed by atoms with Gasteiger partial charge in [-0.05, 0) is 43.2 Å². The molecular weight excluding hydrogens is 242 g/mol. The molecule has 2 rings (SSSR count). The molecule has 0 amide bonds. The molecule has 1 N–H and O–H groups in total. The number of aromatic nitrogens is 1. The fourth-order valence-corrected chi connectivity index (χ4v) is 1.97. The van der Waals surface area contributed by atoms with E-state index in [1.807, 2.05) is 31.2 Å². The molecule has 0 bridgehead atoms. The molecule has 1 aromatic carbocycles. The van der Waals surface area contributed by atoms with E-state index < -0.39 is 5.97 Å². The molecule has 0 aliphatic heterocycles. The molecule has 0 saturated heterocycles. The molecule has 4 heteroatoms. The van der Waals surface area contributed by atoms with Crippen molar-refractivity contribution >= 4 is 5.97 Å². The SMILES string of the molecule is CCOc1ccc(CCn2cccc2C(=O)O)cc1. The highest BCUT2D eigenvalue weighted by Crippen LogP contribution is 2.13. The second-order valence-electron chi connectivity index (χ2n) is 4.22. The first-order valence-corrected chi connectivity index (χ1v) is 6.31. The topological polar surface area (TPSA) is 51.5 Å². The Morgan fingerprint density at radius 2 is 2.00 bits per heavy atom. The summed E-state index contributed by atoms with van der Waals surface area (Å²) in [7, 11) is 0. The van der Waals surface area contributed by atoms with Crippen LogP contribution in [0.2, 0.25) is 0 Å². The number of nitrogens with zero attached hydrogens (tertiary/aromatic N) is 1. The third kappa shape index (κ3) is 3.37. The average molecular weight is 259 g/mol. The van der Waals surface area contributed by atoms with Gasteiger partial charge in [-0.25, -0.2) is 4.79 Å². The number of hydrogen-bond donors (Lipinski definition) is 1. The first-order valence-electron chi connectivity index (χ1n) is 6.31. The Hall–Kier alpha value is -2.23. The van der Waals surface area contributed by atoms with Gasteiger partial charge in [0.25, 0.3) is 0 Å². The van der Waals surface area contributed by atoms with E-state index in [0.29, 0.717) is 18.8 Å². The van der Waals surface area contributed by atoms with Crippen LogP contribution in [0.3, 0.4) is 0 Å². The highest BCUT2D eigenvalue weighted by molar-refractivity contribution is 5.85. The maximum atomic E-state index is 11.0. The minimum atomic E-state index is -0.892. The van der Waals surface area contributed by atoms with Gasteiger partial charge < -0.3 is 14.4 Å². The zero-order chi connectivity index (χ0) is 13.7. The van der Waals surface area contributed by atoms with Crippen LogP contribution >= 0.6 is 0 Å². The van der Waals surface area contributed by atoms with Crippen LogP contribution in [0.4, 0.5) is 0 Å². The first kappa shape index (κ1) is 13.2. The third-order valence-corrected chi connectivity index (χ3v) is 2.92. The standard InChI is InChI=1S/C15H17NO3/c1-2-19-13-7-5-12(6-8-13)9-11-16-10-3-4-14(16)15(17)18/h3-8,10H,2,9,11H2,1H3,(H,17,18). The number of rotatable bonds is 6. The van der Waals surface area contributed by atoms with Gasteiger partial charge in [0.2, 0.25) is 0 Å². The lowest BCUT2D eigenvalue weighted by molar-refractivity contribution is 0.0685. The van der Waals surface area contributed by atoms with Gasteiger partial charge in [-0.3, -0.25) is 0 Å². The molecular formula is C15H17NO3. The zero-order valence-electron chi connectivity index (χ0n) is 10.9. The molecule has 2 aromatic rings. The number of ether oxygens (including phenoxy) is 1. The van der Waals surface area contributed by atoms with Crippen molar-refractivity contribution in [2.24, 2.45) is 0 Å². The number of carboxylic acid groups (broad SMARTS) is 1. The highest BCUT2D eigenvalue weighted by Gasteiger charge is 2.08. The van der Waals surface area contributed by atoms with Crippen molar-refractivity contribution in [1.29, 1.82) is 0 Å². The van der Waals surface area contributed by atoms with Gasteiger partial charge in [0, 0.05) is 12.7 Å². The Labute approximate surface area is 112 Å². The normalized spacial score (nSPS) is 10.4. The van der Waals surface area contributed by atoms with Gasteiger partial charge in [-0.1, -0.05) is 12.1 Å². The van der Waals surface area contributed by atoms with Crippen LogP contribution in [-0.4, -0.2) is 22.2 Å². The Morgan fingerprint density at radius 1 is 1.26 bits per heavy atom. The van der Waals surface area contributed by atoms with E-state index in [-0.39, 0.29) is 0 Å². The number of aromatic carboxylic acids is 1. The van der Waals surface area contributed by atoms with E-state index in [1.165, 1.54) is 0 Å². The van der Waals surface area contributed by atoms with E-state index in [4.69, 9.17) is 9.84 Å². The molecule has 0 saturated carbocycles. The second-order valence-corrected chi connectivity index (χ2v) is 4.22. The average Bonchev–Trinajstić information content (AvgIpc) is 2.87. The van der Waals surface area contributed by atoms with Crippen molar-refractivity contribution in [3.8, 4) is 5.75 Å². The number of carboxylic acids is 1. The number of carbonyl (C=O) groups is 1. The van der Waals surface area contributed by atoms with Crippen LogP contribution in [0.1, 0.15) is 23.0 Å². The summed E-state index contributed by atoms with van der Waals surface area (Å²) in [6.45, 7) is 3.26. The van der Waals surface area contributed by atoms with Crippen LogP contribution < -0.4 is 4.74 Å². The second kappa shape index (κ2) is 6.09. The Balaban J connectivity index is 1.98. The van der Waals surface area contributed by atoms with E-state index in [0.717, 1.165) is 17.7 Å². The third-order valence-electron chi connectivity index (χ3n) is 2.92. The highest BCUT2D eigenvalue weighted by atomic mass is 16.5. The maximum Gasteiger partial charge on any atom is 0.352 e. The molecule has 1 aromatic heterocycles. The molecule has 0 aliphatic rings. The van der Waals surface area contributed by atoms with Crippen LogP contribution in [0.25, 0.3) is 0 Å². The number of benzene rings is 1. The molecule has 4 nitrogen and oxygen atoms in total. The van der Waals surface area contributed by atoms with Gasteiger partial charge in [0.05, 0.1) is 6.61 Å². The first-order chi connectivity index (χ1) is 9.20. The lowest BCUT2D eigenvalue weighted by atomic mass is 10.1. The molecule has 0 spiro atoms. The van der Waals surface area contributed by atoms with Crippen molar-refractivity contribution < 1.29 is 14.6 Å². The monoisotopic (exact) mass is 259 g/mol. The molecule has 0 radical (unpaired) electrons. The summed E-state index contributed by atoms with van der Waals surface area (Å²) in [5, 5.41) is 9.01. The summed E-state index contributed by atoms with van der Waals surface area (Å²) < 4.78 is 7.13. The minimum Gasteiger partial charge on any atom is -0.494 e. The van der Waals surface area contributed by atoms with Crippen LogP contribution in [0.15, 0.2) is 42.6 Å². The Kier molecular flexibility index (Phi) is 4.23. The summed E-state index contributed by atoms with van der Waals surface area (Å²) in [6, 6.07) is 11.3. The summed E-state index contributed by atoms with van der Waals surface area (Å²) in [5.41, 5.74) is 1.49. The van der Waals surface area contributed by atoms with E-state index in [9.17, 15) is 4.79 Å². The van der Waals surface area contributed by atoms with Crippen molar-refractivity contribution in [3.05, 3.63) is 53.9 Å². The summed E-state index contributed by atoms with van der Waals surface area (Å²) in [5.74, 6) is -0.0323. The van der Waals surface area contributed by atoms with Gasteiger partial charge in [-0.2, -0.15) is 0 Å². The van der Waals surface area contributed by atoms with E-state index >= 15 is 0 Å². The van der Waals surface area contributed by atoms with Gasteiger partial charge in [0.15, 0.2) is 0 Å². The van der Waals surface area contributed by atoms with Crippen molar-refractivity contribution in [2.75, 3.05) is 6.61 Å². The molecule has 0 unspecified atom stereocenters. The number of aryl methyl sites for hydroxylation is 2. The molecule has 1 heterocycles. The zero-order valence-corrected chi connectivity index (χ0v) is 10.9. The minimum absolute atomic E-state index is 0.325. The summed E-state index contributed by atoms with van der Waals surface area (Å²) in [6.07, 6.45) is 2.58. The lowest BCUT2D eigenvalue weighted by Gasteiger charge is -2.07. The predicted octanol–water partition coefficient (Wildman–Crippen LogP) is 2.83. The Bertz CT molecular complexity index is 543.